The standard InChI is InChI=1S/C42H50N2S/c1-10-14-15-16-20-33(11-2)39-23-17-18-27-43(39)42(13-4)41(6,12-3)38-25-24-35(34-21-19-22-36(30-34)45(7,8)9)31-37(38)40-29-32(5)26-28-44(40)42/h2,14-31,33H,10,12-13H2,1,3-9H3/q+2/b15-14-,20-16-. The zero-order chi connectivity index (χ0) is 32.4. The first-order chi connectivity index (χ1) is 21.5. The van der Waals surface area contributed by atoms with Crippen molar-refractivity contribution in [1.82, 2.24) is 0 Å². The molecule has 2 aromatic heterocycles. The second-order valence-electron chi connectivity index (χ2n) is 13.3. The number of benzene rings is 2. The lowest BCUT2D eigenvalue weighted by Gasteiger charge is -2.44. The molecule has 2 aromatic carbocycles. The Kier molecular flexibility index (Phi) is 9.29. The number of nitrogens with zero attached hydrogens (tertiary/aromatic N) is 2. The first kappa shape index (κ1) is 32.5. The van der Waals surface area contributed by atoms with Gasteiger partial charge in [0.1, 0.15) is 11.3 Å². The quantitative estimate of drug-likeness (QED) is 0.101. The van der Waals surface area contributed by atoms with Crippen LogP contribution in [0.15, 0.2) is 114 Å². The van der Waals surface area contributed by atoms with Crippen molar-refractivity contribution in [2.45, 2.75) is 75.8 Å². The topological polar surface area (TPSA) is 7.76 Å². The molecule has 3 heterocycles. The average Bonchev–Trinajstić information content (AvgIpc) is 3.05. The highest BCUT2D eigenvalue weighted by atomic mass is 32.3. The SMILES string of the molecule is C#CC(/C=C\C=C/CC)c1cccc[n+]1C1(CC)[n+]2ccc(C)cc2-c2cc(-c3cccc(S(C)(C)C)c3)ccc2C1(C)CC. The van der Waals surface area contributed by atoms with Gasteiger partial charge in [-0.25, -0.2) is 10.0 Å². The smallest absolute Gasteiger partial charge is 0.223 e. The van der Waals surface area contributed by atoms with Crippen LogP contribution in [0.5, 0.6) is 0 Å². The van der Waals surface area contributed by atoms with Crippen LogP contribution >= 0.6 is 10.0 Å². The molecule has 232 valence electrons. The molecule has 3 unspecified atom stereocenters. The molecule has 0 radical (unpaired) electrons. The minimum atomic E-state index is -0.829. The van der Waals surface area contributed by atoms with Crippen LogP contribution in [0.1, 0.15) is 69.7 Å². The summed E-state index contributed by atoms with van der Waals surface area (Å²) >= 11 is 0. The van der Waals surface area contributed by atoms with Gasteiger partial charge in [0, 0.05) is 24.3 Å². The Bertz CT molecular complexity index is 1800. The fourth-order valence-corrected chi connectivity index (χ4v) is 8.32. The van der Waals surface area contributed by atoms with Crippen LogP contribution in [-0.4, -0.2) is 18.8 Å². The molecule has 0 bridgehead atoms. The van der Waals surface area contributed by atoms with Crippen LogP contribution < -0.4 is 9.13 Å². The highest BCUT2D eigenvalue weighted by Crippen LogP contribution is 2.50. The number of aryl methyl sites for hydroxylation is 1. The summed E-state index contributed by atoms with van der Waals surface area (Å²) in [7, 11) is -0.829. The minimum Gasteiger partial charge on any atom is -0.223 e. The summed E-state index contributed by atoms with van der Waals surface area (Å²) in [6.45, 7) is 11.5. The van der Waals surface area contributed by atoms with Gasteiger partial charge in [-0.15, -0.1) is 15.6 Å². The normalized spacial score (nSPS) is 20.5. The van der Waals surface area contributed by atoms with E-state index in [4.69, 9.17) is 6.42 Å². The molecular weight excluding hydrogens is 565 g/mol. The first-order valence-electron chi connectivity index (χ1n) is 16.3. The summed E-state index contributed by atoms with van der Waals surface area (Å²) in [6, 6.07) is 27.5. The van der Waals surface area contributed by atoms with E-state index < -0.39 is 15.7 Å². The van der Waals surface area contributed by atoms with Crippen molar-refractivity contribution in [3.63, 3.8) is 0 Å². The highest BCUT2D eigenvalue weighted by molar-refractivity contribution is 8.32. The van der Waals surface area contributed by atoms with E-state index in [0.717, 1.165) is 25.0 Å². The molecule has 2 nitrogen and oxygen atoms in total. The molecule has 4 aromatic rings. The third kappa shape index (κ3) is 5.59. The van der Waals surface area contributed by atoms with Gasteiger partial charge in [0.05, 0.1) is 12.0 Å². The van der Waals surface area contributed by atoms with Crippen molar-refractivity contribution in [3.8, 4) is 34.7 Å². The lowest BCUT2D eigenvalue weighted by atomic mass is 9.63. The van der Waals surface area contributed by atoms with Gasteiger partial charge in [-0.2, -0.15) is 0 Å². The van der Waals surface area contributed by atoms with Crippen molar-refractivity contribution < 1.29 is 9.13 Å². The van der Waals surface area contributed by atoms with Crippen LogP contribution in [0, 0.1) is 19.3 Å². The summed E-state index contributed by atoms with van der Waals surface area (Å²) in [5.41, 5.74) is 8.23. The molecule has 5 rings (SSSR count). The Morgan fingerprint density at radius 2 is 1.62 bits per heavy atom. The molecular formula is C42H50N2S+2. The molecule has 0 spiro atoms. The maximum absolute atomic E-state index is 6.26. The maximum Gasteiger partial charge on any atom is 0.370 e. The number of fused-ring (bicyclic) bond motifs is 3. The molecule has 45 heavy (non-hydrogen) atoms. The predicted octanol–water partition coefficient (Wildman–Crippen LogP) is 9.49. The van der Waals surface area contributed by atoms with Crippen LogP contribution in [0.3, 0.4) is 0 Å². The van der Waals surface area contributed by atoms with E-state index in [9.17, 15) is 0 Å². The zero-order valence-electron chi connectivity index (χ0n) is 28.5. The molecule has 3 atom stereocenters. The summed E-state index contributed by atoms with van der Waals surface area (Å²) in [5, 5.41) is 0. The number of pyridine rings is 2. The van der Waals surface area contributed by atoms with Gasteiger partial charge < -0.3 is 0 Å². The molecule has 1 aliphatic heterocycles. The van der Waals surface area contributed by atoms with E-state index in [2.05, 4.69) is 178 Å². The number of allylic oxidation sites excluding steroid dienone is 4. The average molecular weight is 615 g/mol. The third-order valence-electron chi connectivity index (χ3n) is 9.93. The largest absolute Gasteiger partial charge is 0.370 e. The molecule has 0 saturated carbocycles. The number of hydrogen-bond acceptors (Lipinski definition) is 0. The van der Waals surface area contributed by atoms with Crippen molar-refractivity contribution in [3.05, 3.63) is 126 Å². The van der Waals surface area contributed by atoms with Crippen LogP contribution in [0.2, 0.25) is 0 Å². The van der Waals surface area contributed by atoms with Gasteiger partial charge in [0.15, 0.2) is 12.4 Å². The van der Waals surface area contributed by atoms with E-state index >= 15 is 0 Å². The van der Waals surface area contributed by atoms with E-state index in [0.29, 0.717) is 0 Å². The molecule has 0 saturated heterocycles. The van der Waals surface area contributed by atoms with E-state index in [1.807, 2.05) is 0 Å². The number of aromatic nitrogens is 2. The third-order valence-corrected chi connectivity index (χ3v) is 11.6. The molecule has 1 aliphatic rings. The number of rotatable bonds is 9. The van der Waals surface area contributed by atoms with Crippen LogP contribution in [0.25, 0.3) is 22.4 Å². The fraction of sp³-hybridized carbons (Fsp3) is 0.333. The molecule has 0 amide bonds. The molecule has 0 fully saturated rings. The lowest BCUT2D eigenvalue weighted by Crippen LogP contribution is -2.83. The Labute approximate surface area is 273 Å². The van der Waals surface area contributed by atoms with E-state index in [-0.39, 0.29) is 11.3 Å². The Morgan fingerprint density at radius 1 is 0.844 bits per heavy atom. The number of hydrogen-bond donors (Lipinski definition) is 0. The zero-order valence-corrected chi connectivity index (χ0v) is 29.3. The minimum absolute atomic E-state index is 0.160. The Balaban J connectivity index is 1.79. The second kappa shape index (κ2) is 12.9. The molecule has 3 heteroatoms. The van der Waals surface area contributed by atoms with Gasteiger partial charge in [-0.05, 0) is 84.7 Å². The van der Waals surface area contributed by atoms with E-state index in [1.165, 1.54) is 38.4 Å². The van der Waals surface area contributed by atoms with Crippen molar-refractivity contribution in [2.24, 2.45) is 0 Å². The monoisotopic (exact) mass is 614 g/mol. The van der Waals surface area contributed by atoms with Crippen LogP contribution in [-0.2, 0) is 11.1 Å². The summed E-state index contributed by atoms with van der Waals surface area (Å²) in [5.74, 6) is 2.95. The highest BCUT2D eigenvalue weighted by Gasteiger charge is 2.67. The molecule has 0 aliphatic carbocycles. The van der Waals surface area contributed by atoms with Crippen molar-refractivity contribution in [2.75, 3.05) is 18.8 Å². The van der Waals surface area contributed by atoms with Gasteiger partial charge in [-0.3, -0.25) is 0 Å². The van der Waals surface area contributed by atoms with Crippen molar-refractivity contribution in [1.29, 1.82) is 0 Å². The summed E-state index contributed by atoms with van der Waals surface area (Å²) < 4.78 is 5.06. The number of terminal acetylenes is 1. The Morgan fingerprint density at radius 3 is 2.31 bits per heavy atom. The van der Waals surface area contributed by atoms with Gasteiger partial charge in [0.25, 0.3) is 0 Å². The summed E-state index contributed by atoms with van der Waals surface area (Å²) in [4.78, 5) is 1.43. The summed E-state index contributed by atoms with van der Waals surface area (Å²) in [6.07, 6.45) is 29.3. The fourth-order valence-electron chi connectivity index (χ4n) is 7.35. The van der Waals surface area contributed by atoms with Crippen LogP contribution in [0.4, 0.5) is 0 Å². The molecule has 0 N–H and O–H groups in total. The lowest BCUT2D eigenvalue weighted by molar-refractivity contribution is -1.00. The van der Waals surface area contributed by atoms with Crippen molar-refractivity contribution >= 4 is 10.0 Å². The van der Waals surface area contributed by atoms with E-state index in [1.54, 1.807) is 0 Å². The first-order valence-corrected chi connectivity index (χ1v) is 19.2. The van der Waals surface area contributed by atoms with Gasteiger partial charge in [0.2, 0.25) is 11.4 Å². The predicted molar refractivity (Wildman–Crippen MR) is 194 cm³/mol. The Hall–Kier alpha value is -3.87. The van der Waals surface area contributed by atoms with Gasteiger partial charge >= 0.3 is 5.66 Å². The maximum atomic E-state index is 6.26. The van der Waals surface area contributed by atoms with Gasteiger partial charge in [-0.1, -0.05) is 87.4 Å². The second-order valence-corrected chi connectivity index (χ2v) is 17.4.